The van der Waals surface area contributed by atoms with Crippen LogP contribution in [-0.2, 0) is 13.2 Å². The quantitative estimate of drug-likeness (QED) is 0.380. The normalized spacial score (nSPS) is 10.5. The molecule has 0 unspecified atom stereocenters. The van der Waals surface area contributed by atoms with E-state index in [0.29, 0.717) is 33.8 Å². The van der Waals surface area contributed by atoms with Crippen molar-refractivity contribution in [1.82, 2.24) is 4.98 Å². The van der Waals surface area contributed by atoms with Gasteiger partial charge in [-0.25, -0.2) is 9.78 Å². The van der Waals surface area contributed by atoms with Gasteiger partial charge in [0.25, 0.3) is 0 Å². The monoisotopic (exact) mass is 447 g/mol. The van der Waals surface area contributed by atoms with E-state index in [-0.39, 0.29) is 18.2 Å². The van der Waals surface area contributed by atoms with E-state index < -0.39 is 6.16 Å². The number of nitrogens with two attached hydrogens (primary N) is 1. The maximum Gasteiger partial charge on any atom is 0.511 e. The largest absolute Gasteiger partial charge is 0.511 e. The number of pyridine rings is 1. The number of benzene rings is 2. The lowest BCUT2D eigenvalue weighted by atomic mass is 10.2. The zero-order valence-electron chi connectivity index (χ0n) is 16.6. The Labute approximate surface area is 187 Å². The molecule has 0 aliphatic carbocycles. The third-order valence-electron chi connectivity index (χ3n) is 4.55. The second-order valence-corrected chi connectivity index (χ2v) is 7.58. The first-order valence-electron chi connectivity index (χ1n) is 9.43. The zero-order valence-corrected chi connectivity index (χ0v) is 17.5. The van der Waals surface area contributed by atoms with Crippen LogP contribution in [0.15, 0.2) is 60.1 Å². The maximum atomic E-state index is 10.9. The van der Waals surface area contributed by atoms with Gasteiger partial charge >= 0.3 is 6.16 Å². The molecule has 0 bridgehead atoms. The highest BCUT2D eigenvalue weighted by Crippen LogP contribution is 2.37. The number of nitriles is 1. The lowest BCUT2D eigenvalue weighted by Gasteiger charge is -2.10. The van der Waals surface area contributed by atoms with Crippen LogP contribution in [0.4, 0.5) is 10.6 Å². The van der Waals surface area contributed by atoms with Crippen molar-refractivity contribution in [2.24, 2.45) is 0 Å². The number of nitrogens with zero attached hydrogens (tertiary/aromatic N) is 2. The predicted molar refractivity (Wildman–Crippen MR) is 119 cm³/mol. The van der Waals surface area contributed by atoms with Crippen molar-refractivity contribution in [3.8, 4) is 23.3 Å². The van der Waals surface area contributed by atoms with Crippen LogP contribution >= 0.6 is 11.3 Å². The summed E-state index contributed by atoms with van der Waals surface area (Å²) in [6.07, 6.45) is -0.122. The van der Waals surface area contributed by atoms with Crippen molar-refractivity contribution < 1.29 is 24.1 Å². The summed E-state index contributed by atoms with van der Waals surface area (Å²) in [7, 11) is 0. The molecule has 9 heteroatoms. The topological polar surface area (TPSA) is 128 Å². The average Bonchev–Trinajstić information content (AvgIpc) is 3.24. The summed E-state index contributed by atoms with van der Waals surface area (Å²) in [6, 6.07) is 16.5. The Morgan fingerprint density at radius 1 is 1.12 bits per heavy atom. The Morgan fingerprint density at radius 3 is 2.53 bits per heavy atom. The molecule has 0 atom stereocenters. The van der Waals surface area contributed by atoms with Gasteiger partial charge in [-0.3, -0.25) is 0 Å². The maximum absolute atomic E-state index is 10.9. The first kappa shape index (κ1) is 21.0. The highest BCUT2D eigenvalue weighted by Gasteiger charge is 2.16. The molecule has 0 amide bonds. The Hall–Kier alpha value is -4.29. The van der Waals surface area contributed by atoms with Crippen molar-refractivity contribution in [1.29, 1.82) is 5.26 Å². The van der Waals surface area contributed by atoms with E-state index in [0.717, 1.165) is 11.1 Å². The van der Waals surface area contributed by atoms with Crippen LogP contribution in [0.5, 0.6) is 17.2 Å². The second kappa shape index (κ2) is 9.24. The molecule has 2 heterocycles. The lowest BCUT2D eigenvalue weighted by Crippen LogP contribution is -2.04. The van der Waals surface area contributed by atoms with E-state index in [1.54, 1.807) is 18.2 Å². The van der Waals surface area contributed by atoms with Gasteiger partial charge in [0.05, 0.1) is 22.5 Å². The predicted octanol–water partition coefficient (Wildman–Crippen LogP) is 4.96. The number of ether oxygens (including phenoxy) is 3. The summed E-state index contributed by atoms with van der Waals surface area (Å²) in [5, 5.41) is 20.2. The summed E-state index contributed by atoms with van der Waals surface area (Å²) in [6.45, 7) is 0.570. The van der Waals surface area contributed by atoms with Gasteiger partial charge in [0.2, 0.25) is 0 Å². The minimum Gasteiger partial charge on any atom is -0.489 e. The number of thiophene rings is 1. The van der Waals surface area contributed by atoms with Gasteiger partial charge in [0, 0.05) is 17.0 Å². The summed E-state index contributed by atoms with van der Waals surface area (Å²) in [4.78, 5) is 14.9. The molecule has 0 spiro atoms. The second-order valence-electron chi connectivity index (χ2n) is 6.70. The van der Waals surface area contributed by atoms with Gasteiger partial charge in [0.1, 0.15) is 30.5 Å². The highest BCUT2D eigenvalue weighted by atomic mass is 32.1. The molecule has 0 saturated heterocycles. The number of aromatic nitrogens is 1. The minimum atomic E-state index is -1.41. The van der Waals surface area contributed by atoms with Crippen molar-refractivity contribution in [3.63, 3.8) is 0 Å². The summed E-state index contributed by atoms with van der Waals surface area (Å²) in [5.41, 5.74) is 8.33. The molecule has 8 nitrogen and oxygen atoms in total. The van der Waals surface area contributed by atoms with Crippen LogP contribution in [0.2, 0.25) is 0 Å². The number of hydrogen-bond donors (Lipinski definition) is 2. The third-order valence-corrected chi connectivity index (χ3v) is 5.60. The Morgan fingerprint density at radius 2 is 1.84 bits per heavy atom. The van der Waals surface area contributed by atoms with Crippen molar-refractivity contribution in [2.75, 3.05) is 5.73 Å². The van der Waals surface area contributed by atoms with Crippen LogP contribution in [0.3, 0.4) is 0 Å². The number of nitrogen functional groups attached to an aromatic ring is 1. The van der Waals surface area contributed by atoms with Crippen molar-refractivity contribution >= 4 is 33.4 Å². The van der Waals surface area contributed by atoms with Gasteiger partial charge in [-0.05, 0) is 35.2 Å². The molecule has 0 fully saturated rings. The van der Waals surface area contributed by atoms with Crippen LogP contribution in [-0.4, -0.2) is 16.2 Å². The Bertz CT molecular complexity index is 1310. The standard InChI is InChI=1S/C23H17N3O5S/c24-9-14-4-6-15(7-5-14)11-29-17-2-1-3-18(8-17)30-12-16-13-32-21-19(31-23(27)28)10-26-22(25)20(16)21/h1-8,10,13H,11-12H2,(H2,25,26)(H,27,28). The van der Waals surface area contributed by atoms with Crippen LogP contribution < -0.4 is 19.9 Å². The molecule has 0 aliphatic rings. The van der Waals surface area contributed by atoms with E-state index in [4.69, 9.17) is 30.3 Å². The number of carbonyl (C=O) groups is 1. The van der Waals surface area contributed by atoms with Gasteiger partial charge in [-0.1, -0.05) is 18.2 Å². The number of anilines is 1. The highest BCUT2D eigenvalue weighted by molar-refractivity contribution is 7.17. The first-order chi connectivity index (χ1) is 15.5. The van der Waals surface area contributed by atoms with E-state index >= 15 is 0 Å². The molecule has 32 heavy (non-hydrogen) atoms. The SMILES string of the molecule is N#Cc1ccc(COc2cccc(OCc3csc4c(OC(=O)O)cnc(N)c34)c2)cc1. The van der Waals surface area contributed by atoms with Crippen molar-refractivity contribution in [3.05, 3.63) is 76.8 Å². The van der Waals surface area contributed by atoms with Gasteiger partial charge in [-0.15, -0.1) is 11.3 Å². The smallest absolute Gasteiger partial charge is 0.489 e. The summed E-state index contributed by atoms with van der Waals surface area (Å²) < 4.78 is 17.1. The fraction of sp³-hybridized carbons (Fsp3) is 0.0870. The van der Waals surface area contributed by atoms with E-state index in [2.05, 4.69) is 11.1 Å². The molecule has 0 aliphatic heterocycles. The summed E-state index contributed by atoms with van der Waals surface area (Å²) in [5.74, 6) is 1.65. The molecule has 2 aromatic heterocycles. The number of fused-ring (bicyclic) bond motifs is 1. The number of rotatable bonds is 7. The van der Waals surface area contributed by atoms with E-state index in [1.807, 2.05) is 35.7 Å². The first-order valence-corrected chi connectivity index (χ1v) is 10.3. The zero-order chi connectivity index (χ0) is 22.5. The molecular formula is C23H17N3O5S. The molecule has 0 saturated carbocycles. The molecular weight excluding hydrogens is 430 g/mol. The number of hydrogen-bond acceptors (Lipinski definition) is 8. The van der Waals surface area contributed by atoms with Crippen molar-refractivity contribution in [2.45, 2.75) is 13.2 Å². The molecule has 2 aromatic carbocycles. The fourth-order valence-corrected chi connectivity index (χ4v) is 4.05. The fourth-order valence-electron chi connectivity index (χ4n) is 3.04. The molecule has 4 aromatic rings. The minimum absolute atomic E-state index is 0.135. The van der Waals surface area contributed by atoms with Gasteiger partial charge in [-0.2, -0.15) is 5.26 Å². The van der Waals surface area contributed by atoms with Gasteiger partial charge in [0.15, 0.2) is 5.75 Å². The molecule has 3 N–H and O–H groups in total. The molecule has 160 valence electrons. The molecule has 4 rings (SSSR count). The van der Waals surface area contributed by atoms with Gasteiger partial charge < -0.3 is 25.1 Å². The Balaban J connectivity index is 1.44. The molecule has 0 radical (unpaired) electrons. The average molecular weight is 447 g/mol. The van der Waals surface area contributed by atoms with Crippen LogP contribution in [0, 0.1) is 11.3 Å². The number of carboxylic acid groups (broad SMARTS) is 1. The third kappa shape index (κ3) is 4.71. The Kier molecular flexibility index (Phi) is 6.05. The van der Waals surface area contributed by atoms with E-state index in [9.17, 15) is 4.79 Å². The van der Waals surface area contributed by atoms with Crippen LogP contribution in [0.1, 0.15) is 16.7 Å². The van der Waals surface area contributed by atoms with E-state index in [1.165, 1.54) is 17.5 Å². The summed E-state index contributed by atoms with van der Waals surface area (Å²) >= 11 is 1.31. The van der Waals surface area contributed by atoms with Crippen LogP contribution in [0.25, 0.3) is 10.1 Å². The lowest BCUT2D eigenvalue weighted by molar-refractivity contribution is 0.145.